The molecule has 6 heteroatoms. The fraction of sp³-hybridized carbons (Fsp3) is 0.333. The smallest absolute Gasteiger partial charge is 0.246 e. The molecule has 0 unspecified atom stereocenters. The SMILES string of the molecule is COc1ccc(/C=C/C(=O)N2CCC3(CC2)CC(=O)c2ccc(OC)cc2O3)cc1. The number of ketones is 1. The van der Waals surface area contributed by atoms with E-state index >= 15 is 0 Å². The number of Topliss-reactive ketones (excluding diaryl/α,β-unsaturated/α-hetero) is 1. The van der Waals surface area contributed by atoms with Crippen molar-refractivity contribution in [2.24, 2.45) is 0 Å². The molecule has 1 saturated heterocycles. The van der Waals surface area contributed by atoms with E-state index in [4.69, 9.17) is 14.2 Å². The summed E-state index contributed by atoms with van der Waals surface area (Å²) in [6.07, 6.45) is 4.98. The minimum atomic E-state index is -0.549. The third-order valence-electron chi connectivity index (χ3n) is 5.82. The zero-order chi connectivity index (χ0) is 21.1. The molecule has 0 bridgehead atoms. The van der Waals surface area contributed by atoms with E-state index in [1.165, 1.54) is 0 Å². The summed E-state index contributed by atoms with van der Waals surface area (Å²) in [6, 6.07) is 12.8. The molecule has 0 aliphatic carbocycles. The van der Waals surface area contributed by atoms with Crippen molar-refractivity contribution in [1.29, 1.82) is 0 Å². The van der Waals surface area contributed by atoms with Gasteiger partial charge in [0, 0.05) is 38.1 Å². The largest absolute Gasteiger partial charge is 0.497 e. The molecule has 0 saturated carbocycles. The Morgan fingerprint density at radius 3 is 2.37 bits per heavy atom. The number of methoxy groups -OCH3 is 2. The van der Waals surface area contributed by atoms with Crippen molar-refractivity contribution in [2.75, 3.05) is 27.3 Å². The summed E-state index contributed by atoms with van der Waals surface area (Å²) in [6.45, 7) is 1.11. The molecule has 2 aromatic rings. The van der Waals surface area contributed by atoms with Crippen LogP contribution >= 0.6 is 0 Å². The molecular formula is C24H25NO5. The first-order valence-electron chi connectivity index (χ1n) is 10.0. The van der Waals surface area contributed by atoms with Gasteiger partial charge in [-0.1, -0.05) is 12.1 Å². The molecule has 0 atom stereocenters. The van der Waals surface area contributed by atoms with Crippen LogP contribution in [0.5, 0.6) is 17.2 Å². The molecule has 2 aliphatic rings. The van der Waals surface area contributed by atoms with E-state index in [-0.39, 0.29) is 11.7 Å². The van der Waals surface area contributed by atoms with Crippen LogP contribution < -0.4 is 14.2 Å². The van der Waals surface area contributed by atoms with Gasteiger partial charge in [0.15, 0.2) is 5.78 Å². The number of ether oxygens (including phenoxy) is 3. The standard InChI is InChI=1S/C24H25NO5/c1-28-18-6-3-17(4-7-18)5-10-23(27)25-13-11-24(12-14-25)16-21(26)20-9-8-19(29-2)15-22(20)30-24/h3-10,15H,11-14,16H2,1-2H3/b10-5+. The van der Waals surface area contributed by atoms with Gasteiger partial charge in [0.05, 0.1) is 26.2 Å². The number of hydrogen-bond donors (Lipinski definition) is 0. The Hall–Kier alpha value is -3.28. The Morgan fingerprint density at radius 2 is 1.70 bits per heavy atom. The van der Waals surface area contributed by atoms with Crippen LogP contribution in [0.1, 0.15) is 35.2 Å². The quantitative estimate of drug-likeness (QED) is 0.723. The number of amides is 1. The maximum atomic E-state index is 12.7. The number of carbonyl (C=O) groups excluding carboxylic acids is 2. The number of nitrogens with zero attached hydrogens (tertiary/aromatic N) is 1. The van der Waals surface area contributed by atoms with Crippen LogP contribution in [-0.2, 0) is 4.79 Å². The second-order valence-corrected chi connectivity index (χ2v) is 7.68. The first-order valence-corrected chi connectivity index (χ1v) is 10.0. The van der Waals surface area contributed by atoms with Crippen molar-refractivity contribution < 1.29 is 23.8 Å². The summed E-state index contributed by atoms with van der Waals surface area (Å²) in [4.78, 5) is 27.1. The van der Waals surface area contributed by atoms with E-state index in [9.17, 15) is 9.59 Å². The predicted molar refractivity (Wildman–Crippen MR) is 113 cm³/mol. The van der Waals surface area contributed by atoms with Crippen LogP contribution in [0.3, 0.4) is 0 Å². The van der Waals surface area contributed by atoms with Crippen molar-refractivity contribution >= 4 is 17.8 Å². The average molecular weight is 407 g/mol. The lowest BCUT2D eigenvalue weighted by Gasteiger charge is -2.43. The molecule has 4 rings (SSSR count). The molecule has 1 fully saturated rings. The van der Waals surface area contributed by atoms with Crippen LogP contribution in [0.4, 0.5) is 0 Å². The number of likely N-dealkylation sites (tertiary alicyclic amines) is 1. The molecule has 2 heterocycles. The van der Waals surface area contributed by atoms with E-state index in [0.717, 1.165) is 11.3 Å². The van der Waals surface area contributed by atoms with Gasteiger partial charge in [0.25, 0.3) is 0 Å². The third-order valence-corrected chi connectivity index (χ3v) is 5.82. The minimum Gasteiger partial charge on any atom is -0.497 e. The molecule has 2 aromatic carbocycles. The van der Waals surface area contributed by atoms with Gasteiger partial charge in [-0.3, -0.25) is 9.59 Å². The van der Waals surface area contributed by atoms with Gasteiger partial charge in [0.1, 0.15) is 22.8 Å². The number of piperidine rings is 1. The van der Waals surface area contributed by atoms with Gasteiger partial charge in [-0.2, -0.15) is 0 Å². The Morgan fingerprint density at radius 1 is 1.03 bits per heavy atom. The van der Waals surface area contributed by atoms with E-state index in [0.29, 0.717) is 49.4 Å². The topological polar surface area (TPSA) is 65.1 Å². The Balaban J connectivity index is 1.39. The lowest BCUT2D eigenvalue weighted by Crippen LogP contribution is -2.52. The van der Waals surface area contributed by atoms with Gasteiger partial charge < -0.3 is 19.1 Å². The molecule has 1 amide bonds. The molecular weight excluding hydrogens is 382 g/mol. The van der Waals surface area contributed by atoms with Crippen molar-refractivity contribution in [3.63, 3.8) is 0 Å². The highest BCUT2D eigenvalue weighted by Crippen LogP contribution is 2.40. The summed E-state index contributed by atoms with van der Waals surface area (Å²) in [5.41, 5.74) is 0.985. The molecule has 0 N–H and O–H groups in total. The van der Waals surface area contributed by atoms with Gasteiger partial charge in [-0.15, -0.1) is 0 Å². The highest BCUT2D eigenvalue weighted by Gasteiger charge is 2.43. The number of fused-ring (bicyclic) bond motifs is 1. The molecule has 156 valence electrons. The lowest BCUT2D eigenvalue weighted by atomic mass is 9.82. The Bertz CT molecular complexity index is 972. The van der Waals surface area contributed by atoms with Crippen LogP contribution in [0.2, 0.25) is 0 Å². The second-order valence-electron chi connectivity index (χ2n) is 7.68. The van der Waals surface area contributed by atoms with E-state index in [2.05, 4.69) is 0 Å². The van der Waals surface area contributed by atoms with E-state index in [1.54, 1.807) is 49.5 Å². The predicted octanol–water partition coefficient (Wildman–Crippen LogP) is 3.74. The first-order chi connectivity index (χ1) is 14.5. The Labute approximate surface area is 176 Å². The third kappa shape index (κ3) is 4.03. The summed E-state index contributed by atoms with van der Waals surface area (Å²) in [7, 11) is 3.21. The average Bonchev–Trinajstić information content (AvgIpc) is 2.77. The number of hydrogen-bond acceptors (Lipinski definition) is 5. The van der Waals surface area contributed by atoms with Crippen molar-refractivity contribution in [1.82, 2.24) is 4.90 Å². The Kier molecular flexibility index (Phi) is 5.48. The maximum absolute atomic E-state index is 12.7. The van der Waals surface area contributed by atoms with E-state index in [1.807, 2.05) is 24.3 Å². The molecule has 1 spiro atoms. The summed E-state index contributed by atoms with van der Waals surface area (Å²) in [5.74, 6) is 2.06. The highest BCUT2D eigenvalue weighted by atomic mass is 16.5. The van der Waals surface area contributed by atoms with Crippen LogP contribution in [0.25, 0.3) is 6.08 Å². The number of benzene rings is 2. The van der Waals surface area contributed by atoms with Crippen LogP contribution in [0.15, 0.2) is 48.5 Å². The summed E-state index contributed by atoms with van der Waals surface area (Å²) >= 11 is 0. The fourth-order valence-corrected chi connectivity index (χ4v) is 4.00. The minimum absolute atomic E-state index is 0.0372. The maximum Gasteiger partial charge on any atom is 0.246 e. The number of carbonyl (C=O) groups is 2. The van der Waals surface area contributed by atoms with Gasteiger partial charge in [-0.25, -0.2) is 0 Å². The fourth-order valence-electron chi connectivity index (χ4n) is 4.00. The second kappa shape index (κ2) is 8.22. The zero-order valence-electron chi connectivity index (χ0n) is 17.2. The molecule has 0 radical (unpaired) electrons. The first kappa shape index (κ1) is 20.0. The normalized spacial score (nSPS) is 17.5. The summed E-state index contributed by atoms with van der Waals surface area (Å²) < 4.78 is 16.7. The zero-order valence-corrected chi connectivity index (χ0v) is 17.2. The molecule has 2 aliphatic heterocycles. The molecule has 6 nitrogen and oxygen atoms in total. The van der Waals surface area contributed by atoms with Gasteiger partial charge in [0.2, 0.25) is 5.91 Å². The van der Waals surface area contributed by atoms with Gasteiger partial charge >= 0.3 is 0 Å². The number of rotatable bonds is 4. The van der Waals surface area contributed by atoms with Crippen molar-refractivity contribution in [3.8, 4) is 17.2 Å². The van der Waals surface area contributed by atoms with Crippen molar-refractivity contribution in [3.05, 3.63) is 59.7 Å². The monoisotopic (exact) mass is 407 g/mol. The van der Waals surface area contributed by atoms with Crippen LogP contribution in [-0.4, -0.2) is 49.5 Å². The molecule has 0 aromatic heterocycles. The van der Waals surface area contributed by atoms with Crippen LogP contribution in [0, 0.1) is 0 Å². The van der Waals surface area contributed by atoms with Crippen molar-refractivity contribution in [2.45, 2.75) is 24.9 Å². The van der Waals surface area contributed by atoms with E-state index < -0.39 is 5.60 Å². The molecule has 30 heavy (non-hydrogen) atoms. The summed E-state index contributed by atoms with van der Waals surface area (Å²) in [5, 5.41) is 0. The lowest BCUT2D eigenvalue weighted by molar-refractivity contribution is -0.129. The highest BCUT2D eigenvalue weighted by molar-refractivity contribution is 6.00. The van der Waals surface area contributed by atoms with Gasteiger partial charge in [-0.05, 0) is 35.9 Å².